The lowest BCUT2D eigenvalue weighted by molar-refractivity contribution is -0.0399. The highest BCUT2D eigenvalue weighted by molar-refractivity contribution is 5.88. The molecule has 0 atom stereocenters. The zero-order valence-electron chi connectivity index (χ0n) is 26.9. The van der Waals surface area contributed by atoms with E-state index in [-0.39, 0.29) is 5.41 Å². The van der Waals surface area contributed by atoms with Crippen LogP contribution in [-0.4, -0.2) is 4.98 Å². The number of hydrogen-bond donors (Lipinski definition) is 0. The van der Waals surface area contributed by atoms with E-state index in [0.717, 1.165) is 34.4 Å². The first-order valence-corrected chi connectivity index (χ1v) is 17.6. The maximum Gasteiger partial charge on any atom is 0.0991 e. The van der Waals surface area contributed by atoms with Crippen LogP contribution in [0.1, 0.15) is 48.8 Å². The molecule has 5 aromatic carbocycles. The van der Waals surface area contributed by atoms with Crippen LogP contribution >= 0.6 is 0 Å². The van der Waals surface area contributed by atoms with Crippen molar-refractivity contribution >= 4 is 0 Å². The molecule has 1 aromatic heterocycles. The molecule has 5 aliphatic rings. The fraction of sp³-hybridized carbons (Fsp3) is 0.217. The molecule has 0 saturated heterocycles. The first kappa shape index (κ1) is 27.8. The first-order valence-electron chi connectivity index (χ1n) is 17.6. The van der Waals surface area contributed by atoms with Crippen LogP contribution in [0.15, 0.2) is 133 Å². The number of rotatable bonds is 4. The van der Waals surface area contributed by atoms with Gasteiger partial charge >= 0.3 is 0 Å². The predicted molar refractivity (Wildman–Crippen MR) is 194 cm³/mol. The van der Waals surface area contributed by atoms with Crippen molar-refractivity contribution in [3.63, 3.8) is 0 Å². The molecule has 4 bridgehead atoms. The van der Waals surface area contributed by atoms with Gasteiger partial charge in [0.05, 0.1) is 23.0 Å². The normalized spacial score (nSPS) is 24.3. The zero-order chi connectivity index (χ0) is 31.8. The molecule has 0 unspecified atom stereocenters. The fourth-order valence-electron chi connectivity index (χ4n) is 10.5. The maximum absolute atomic E-state index is 9.41. The highest BCUT2D eigenvalue weighted by Crippen LogP contribution is 2.69. The Morgan fingerprint density at radius 3 is 1.46 bits per heavy atom. The highest BCUT2D eigenvalue weighted by Gasteiger charge is 2.61. The van der Waals surface area contributed by atoms with Gasteiger partial charge in [0.2, 0.25) is 0 Å². The molecule has 2 heteroatoms. The molecule has 1 spiro atoms. The third kappa shape index (κ3) is 4.13. The maximum atomic E-state index is 9.41. The molecule has 4 fully saturated rings. The van der Waals surface area contributed by atoms with Crippen molar-refractivity contribution in [1.82, 2.24) is 4.98 Å². The molecule has 0 N–H and O–H groups in total. The van der Waals surface area contributed by atoms with E-state index >= 15 is 0 Å². The number of nitrogens with zero attached hydrogens (tertiary/aromatic N) is 2. The van der Waals surface area contributed by atoms with Crippen molar-refractivity contribution < 1.29 is 0 Å². The van der Waals surface area contributed by atoms with E-state index in [2.05, 4.69) is 127 Å². The number of fused-ring (bicyclic) bond motifs is 3. The van der Waals surface area contributed by atoms with Gasteiger partial charge in [0.25, 0.3) is 0 Å². The molecular weight excluding hydrogens is 581 g/mol. The van der Waals surface area contributed by atoms with Crippen LogP contribution in [0, 0.1) is 35.0 Å². The molecule has 2 nitrogen and oxygen atoms in total. The predicted octanol–water partition coefficient (Wildman–Crippen LogP) is 11.3. The second-order valence-corrected chi connectivity index (χ2v) is 14.7. The highest BCUT2D eigenvalue weighted by atomic mass is 14.7. The lowest BCUT2D eigenvalue weighted by atomic mass is 9.43. The Balaban J connectivity index is 1.16. The standard InChI is InChI=1S/C46H36N2/c47-28-29-11-13-32(14-12-29)35-15-17-40-41-18-16-36(25-43(41)46(42(40)24-35)38-20-30-19-31(22-38)23-39(46)21-30)37-26-44(33-7-3-1-4-8-33)48-45(27-37)34-9-5-2-6-10-34/h1-18,24-27,30-31,38-39H,19-23H2. The van der Waals surface area contributed by atoms with E-state index in [0.29, 0.717) is 17.4 Å². The number of benzene rings is 5. The Morgan fingerprint density at radius 1 is 0.479 bits per heavy atom. The van der Waals surface area contributed by atoms with Gasteiger partial charge in [0.15, 0.2) is 0 Å². The summed E-state index contributed by atoms with van der Waals surface area (Å²) in [5, 5.41) is 9.41. The minimum atomic E-state index is 0.0499. The number of hydrogen-bond acceptors (Lipinski definition) is 2. The van der Waals surface area contributed by atoms with E-state index in [9.17, 15) is 5.26 Å². The molecule has 0 amide bonds. The third-order valence-corrected chi connectivity index (χ3v) is 12.3. The van der Waals surface area contributed by atoms with Gasteiger partial charge in [-0.3, -0.25) is 0 Å². The lowest BCUT2D eigenvalue weighted by Crippen LogP contribution is -2.55. The second-order valence-electron chi connectivity index (χ2n) is 14.7. The number of aromatic nitrogens is 1. The van der Waals surface area contributed by atoms with E-state index in [1.165, 1.54) is 65.5 Å². The van der Waals surface area contributed by atoms with Crippen LogP contribution in [0.5, 0.6) is 0 Å². The van der Waals surface area contributed by atoms with Crippen LogP contribution in [-0.2, 0) is 5.41 Å². The largest absolute Gasteiger partial charge is 0.248 e. The quantitative estimate of drug-likeness (QED) is 0.198. The Labute approximate surface area is 282 Å². The van der Waals surface area contributed by atoms with Crippen molar-refractivity contribution in [2.75, 3.05) is 0 Å². The topological polar surface area (TPSA) is 36.7 Å². The van der Waals surface area contributed by atoms with Crippen LogP contribution < -0.4 is 0 Å². The summed E-state index contributed by atoms with van der Waals surface area (Å²) in [7, 11) is 0. The van der Waals surface area contributed by atoms with E-state index < -0.39 is 0 Å². The van der Waals surface area contributed by atoms with Gasteiger partial charge in [-0.2, -0.15) is 5.26 Å². The van der Waals surface area contributed by atoms with Crippen molar-refractivity contribution in [1.29, 1.82) is 5.26 Å². The van der Waals surface area contributed by atoms with Crippen LogP contribution in [0.2, 0.25) is 0 Å². The summed E-state index contributed by atoms with van der Waals surface area (Å²) in [4.78, 5) is 5.18. The van der Waals surface area contributed by atoms with Crippen molar-refractivity contribution in [3.05, 3.63) is 150 Å². The lowest BCUT2D eigenvalue weighted by Gasteiger charge is -2.61. The average Bonchev–Trinajstić information content (AvgIpc) is 3.43. The van der Waals surface area contributed by atoms with Crippen molar-refractivity contribution in [3.8, 4) is 62.0 Å². The monoisotopic (exact) mass is 616 g/mol. The van der Waals surface area contributed by atoms with Crippen LogP contribution in [0.25, 0.3) is 55.9 Å². The van der Waals surface area contributed by atoms with E-state index in [4.69, 9.17) is 4.98 Å². The smallest absolute Gasteiger partial charge is 0.0991 e. The Kier molecular flexibility index (Phi) is 6.16. The molecular formula is C46H36N2. The summed E-state index contributed by atoms with van der Waals surface area (Å²) in [6, 6.07) is 50.8. The van der Waals surface area contributed by atoms with Crippen molar-refractivity contribution in [2.24, 2.45) is 23.7 Å². The number of pyridine rings is 1. The summed E-state index contributed by atoms with van der Waals surface area (Å²) < 4.78 is 0. The average molecular weight is 617 g/mol. The molecule has 0 radical (unpaired) electrons. The van der Waals surface area contributed by atoms with E-state index in [1.54, 1.807) is 11.1 Å². The first-order chi connectivity index (χ1) is 23.7. The van der Waals surface area contributed by atoms with Crippen molar-refractivity contribution in [2.45, 2.75) is 37.5 Å². The van der Waals surface area contributed by atoms with Gasteiger partial charge in [-0.1, -0.05) is 97.1 Å². The van der Waals surface area contributed by atoms with Gasteiger partial charge in [-0.25, -0.2) is 4.98 Å². The second kappa shape index (κ2) is 10.6. The van der Waals surface area contributed by atoms with E-state index in [1.807, 2.05) is 12.1 Å². The minimum Gasteiger partial charge on any atom is -0.248 e. The molecule has 230 valence electrons. The molecule has 6 aromatic rings. The summed E-state index contributed by atoms with van der Waals surface area (Å²) in [5.41, 5.74) is 15.9. The van der Waals surface area contributed by atoms with Gasteiger partial charge in [-0.15, -0.1) is 0 Å². The molecule has 4 saturated carbocycles. The Bertz CT molecular complexity index is 2160. The minimum absolute atomic E-state index is 0.0499. The van der Waals surface area contributed by atoms with Gasteiger partial charge in [-0.05, 0) is 137 Å². The summed E-state index contributed by atoms with van der Waals surface area (Å²) >= 11 is 0. The van der Waals surface area contributed by atoms with Gasteiger partial charge in [0, 0.05) is 16.5 Å². The van der Waals surface area contributed by atoms with Gasteiger partial charge < -0.3 is 0 Å². The Hall–Kier alpha value is -5.26. The SMILES string of the molecule is N#Cc1ccc(-c2ccc3c(c2)C2(c4cc(-c5cc(-c6ccccc6)nc(-c6ccccc6)c5)ccc4-3)C3CC4CC(C3)CC2C4)cc1. The molecule has 1 heterocycles. The summed E-state index contributed by atoms with van der Waals surface area (Å²) in [5.74, 6) is 3.13. The number of nitriles is 1. The summed E-state index contributed by atoms with van der Waals surface area (Å²) in [6.45, 7) is 0. The third-order valence-electron chi connectivity index (χ3n) is 12.3. The van der Waals surface area contributed by atoms with Crippen LogP contribution in [0.3, 0.4) is 0 Å². The molecule has 11 rings (SSSR count). The summed E-state index contributed by atoms with van der Waals surface area (Å²) in [6.07, 6.45) is 6.84. The molecule has 0 aliphatic heterocycles. The molecule has 48 heavy (non-hydrogen) atoms. The zero-order valence-corrected chi connectivity index (χ0v) is 26.9. The van der Waals surface area contributed by atoms with Gasteiger partial charge in [0.1, 0.15) is 0 Å². The fourth-order valence-corrected chi connectivity index (χ4v) is 10.5. The Morgan fingerprint density at radius 2 is 0.958 bits per heavy atom. The van der Waals surface area contributed by atoms with Crippen LogP contribution in [0.4, 0.5) is 0 Å². The molecule has 5 aliphatic carbocycles.